The average Bonchev–Trinajstić information content (AvgIpc) is 2.57. The fraction of sp³-hybridized carbons (Fsp3) is 0.421. The molecule has 26 heavy (non-hydrogen) atoms. The molecule has 0 radical (unpaired) electrons. The van der Waals surface area contributed by atoms with E-state index in [1.807, 2.05) is 49.4 Å². The van der Waals surface area contributed by atoms with E-state index in [9.17, 15) is 18.0 Å². The van der Waals surface area contributed by atoms with Gasteiger partial charge in [-0.1, -0.05) is 42.5 Å². The molecule has 142 valence electrons. The summed E-state index contributed by atoms with van der Waals surface area (Å²) in [5.74, 6) is -0.453. The summed E-state index contributed by atoms with van der Waals surface area (Å²) >= 11 is 0. The number of carbonyl (C=O) groups excluding carboxylic acids is 1. The Hall–Kier alpha value is -2.12. The molecular formula is C19H23F3N2O2. The molecule has 4 nitrogen and oxygen atoms in total. The highest BCUT2D eigenvalue weighted by atomic mass is 19.4. The van der Waals surface area contributed by atoms with E-state index in [2.05, 4.69) is 5.32 Å². The van der Waals surface area contributed by atoms with Crippen LogP contribution >= 0.6 is 0 Å². The quantitative estimate of drug-likeness (QED) is 0.775. The van der Waals surface area contributed by atoms with Crippen LogP contribution in [0.2, 0.25) is 0 Å². The smallest absolute Gasteiger partial charge is 0.383 e. The van der Waals surface area contributed by atoms with Crippen LogP contribution in [-0.2, 0) is 9.53 Å². The second-order valence-corrected chi connectivity index (χ2v) is 6.18. The van der Waals surface area contributed by atoms with Crippen LogP contribution in [-0.4, -0.2) is 50.3 Å². The summed E-state index contributed by atoms with van der Waals surface area (Å²) in [5, 5.41) is 4.85. The van der Waals surface area contributed by atoms with Crippen molar-refractivity contribution in [3.63, 3.8) is 0 Å². The number of hydrogen-bond donors (Lipinski definition) is 1. The van der Waals surface area contributed by atoms with Crippen LogP contribution < -0.4 is 5.32 Å². The first-order chi connectivity index (χ1) is 12.3. The van der Waals surface area contributed by atoms with Gasteiger partial charge in [-0.25, -0.2) is 0 Å². The van der Waals surface area contributed by atoms with E-state index < -0.39 is 18.6 Å². The Morgan fingerprint density at radius 3 is 2.58 bits per heavy atom. The number of carbonyl (C=O) groups is 1. The second-order valence-electron chi connectivity index (χ2n) is 6.18. The number of ether oxygens (including phenoxy) is 1. The zero-order valence-corrected chi connectivity index (χ0v) is 14.8. The molecule has 0 aliphatic rings. The van der Waals surface area contributed by atoms with Gasteiger partial charge in [-0.3, -0.25) is 9.69 Å². The zero-order valence-electron chi connectivity index (χ0n) is 14.8. The predicted octanol–water partition coefficient (Wildman–Crippen LogP) is 3.53. The third kappa shape index (κ3) is 6.00. The van der Waals surface area contributed by atoms with Crippen LogP contribution in [0.15, 0.2) is 42.5 Å². The molecule has 1 N–H and O–H groups in total. The molecule has 0 saturated carbocycles. The molecule has 1 atom stereocenters. The first-order valence-corrected chi connectivity index (χ1v) is 8.35. The van der Waals surface area contributed by atoms with Crippen LogP contribution in [0, 0.1) is 0 Å². The van der Waals surface area contributed by atoms with Gasteiger partial charge in [0.1, 0.15) is 0 Å². The Morgan fingerprint density at radius 2 is 1.88 bits per heavy atom. The first-order valence-electron chi connectivity index (χ1n) is 8.35. The third-order valence-electron chi connectivity index (χ3n) is 4.05. The van der Waals surface area contributed by atoms with E-state index >= 15 is 0 Å². The Balaban J connectivity index is 2.04. The van der Waals surface area contributed by atoms with E-state index in [0.29, 0.717) is 0 Å². The van der Waals surface area contributed by atoms with E-state index in [4.69, 9.17) is 4.74 Å². The molecule has 1 unspecified atom stereocenters. The van der Waals surface area contributed by atoms with Crippen molar-refractivity contribution in [3.05, 3.63) is 48.0 Å². The van der Waals surface area contributed by atoms with Crippen molar-refractivity contribution in [1.82, 2.24) is 10.2 Å². The van der Waals surface area contributed by atoms with Crippen LogP contribution in [0.4, 0.5) is 13.2 Å². The number of amides is 1. The lowest BCUT2D eigenvalue weighted by Gasteiger charge is -2.24. The predicted molar refractivity (Wildman–Crippen MR) is 94.9 cm³/mol. The minimum Gasteiger partial charge on any atom is -0.383 e. The number of benzene rings is 2. The molecule has 1 amide bonds. The maximum absolute atomic E-state index is 12.7. The van der Waals surface area contributed by atoms with Crippen molar-refractivity contribution in [2.24, 2.45) is 0 Å². The molecule has 0 aliphatic carbocycles. The maximum Gasteiger partial charge on any atom is 0.401 e. The Kier molecular flexibility index (Phi) is 6.99. The van der Waals surface area contributed by atoms with Crippen LogP contribution in [0.5, 0.6) is 0 Å². The van der Waals surface area contributed by atoms with E-state index in [1.165, 1.54) is 7.11 Å². The maximum atomic E-state index is 12.7. The minimum absolute atomic E-state index is 0.0338. The van der Waals surface area contributed by atoms with Gasteiger partial charge in [-0.2, -0.15) is 13.2 Å². The third-order valence-corrected chi connectivity index (χ3v) is 4.05. The molecule has 2 aromatic rings. The lowest BCUT2D eigenvalue weighted by Crippen LogP contribution is -2.43. The Morgan fingerprint density at radius 1 is 1.19 bits per heavy atom. The highest BCUT2D eigenvalue weighted by Gasteiger charge is 2.31. The summed E-state index contributed by atoms with van der Waals surface area (Å²) in [4.78, 5) is 13.3. The summed E-state index contributed by atoms with van der Waals surface area (Å²) in [6.07, 6.45) is -4.37. The van der Waals surface area contributed by atoms with Crippen molar-refractivity contribution in [2.75, 3.05) is 33.4 Å². The number of alkyl halides is 3. The van der Waals surface area contributed by atoms with Crippen molar-refractivity contribution in [2.45, 2.75) is 19.1 Å². The highest BCUT2D eigenvalue weighted by Crippen LogP contribution is 2.24. The number of nitrogens with one attached hydrogen (secondary N) is 1. The topological polar surface area (TPSA) is 41.6 Å². The van der Waals surface area contributed by atoms with Crippen molar-refractivity contribution < 1.29 is 22.7 Å². The number of methoxy groups -OCH3 is 1. The largest absolute Gasteiger partial charge is 0.401 e. The average molecular weight is 368 g/mol. The molecular weight excluding hydrogens is 345 g/mol. The summed E-state index contributed by atoms with van der Waals surface area (Å²) in [7, 11) is 1.41. The lowest BCUT2D eigenvalue weighted by molar-refractivity contribution is -0.150. The zero-order chi connectivity index (χ0) is 19.2. The lowest BCUT2D eigenvalue weighted by atomic mass is 10.00. The van der Waals surface area contributed by atoms with Gasteiger partial charge in [-0.15, -0.1) is 0 Å². The van der Waals surface area contributed by atoms with Gasteiger partial charge >= 0.3 is 6.18 Å². The SMILES string of the molecule is COCCN(CC(=O)NC(C)c1cccc2ccccc12)CC(F)(F)F. The summed E-state index contributed by atoms with van der Waals surface area (Å²) in [6, 6.07) is 13.2. The highest BCUT2D eigenvalue weighted by molar-refractivity contribution is 5.87. The van der Waals surface area contributed by atoms with Crippen LogP contribution in [0.25, 0.3) is 10.8 Å². The molecule has 2 aromatic carbocycles. The summed E-state index contributed by atoms with van der Waals surface area (Å²) < 4.78 is 42.8. The van der Waals surface area contributed by atoms with Gasteiger partial charge in [0.2, 0.25) is 5.91 Å². The molecule has 0 fully saturated rings. The molecule has 0 aliphatic heterocycles. The van der Waals surface area contributed by atoms with Gasteiger partial charge in [-0.05, 0) is 23.3 Å². The van der Waals surface area contributed by atoms with Crippen molar-refractivity contribution in [3.8, 4) is 0 Å². The number of fused-ring (bicyclic) bond motifs is 1. The van der Waals surface area contributed by atoms with Gasteiger partial charge in [0.05, 0.1) is 25.7 Å². The molecule has 2 rings (SSSR count). The summed E-state index contributed by atoms with van der Waals surface area (Å²) in [5.41, 5.74) is 0.927. The van der Waals surface area contributed by atoms with Gasteiger partial charge in [0.15, 0.2) is 0 Å². The molecule has 7 heteroatoms. The normalized spacial score (nSPS) is 13.2. The van der Waals surface area contributed by atoms with Crippen LogP contribution in [0.1, 0.15) is 18.5 Å². The molecule has 0 heterocycles. The first kappa shape index (κ1) is 20.2. The standard InChI is InChI=1S/C19H23F3N2O2/c1-14(16-9-5-7-15-6-3-4-8-17(15)16)23-18(25)12-24(10-11-26-2)13-19(20,21)22/h3-9,14H,10-13H2,1-2H3,(H,23,25). The fourth-order valence-corrected chi connectivity index (χ4v) is 2.88. The molecule has 0 spiro atoms. The number of halogens is 3. The molecule has 0 saturated heterocycles. The van der Waals surface area contributed by atoms with Gasteiger partial charge < -0.3 is 10.1 Å². The molecule has 0 bridgehead atoms. The number of nitrogens with zero attached hydrogens (tertiary/aromatic N) is 1. The minimum atomic E-state index is -4.37. The van der Waals surface area contributed by atoms with Crippen molar-refractivity contribution in [1.29, 1.82) is 0 Å². The van der Waals surface area contributed by atoms with Gasteiger partial charge in [0.25, 0.3) is 0 Å². The fourth-order valence-electron chi connectivity index (χ4n) is 2.88. The molecule has 0 aromatic heterocycles. The Labute approximate surface area is 150 Å². The summed E-state index contributed by atoms with van der Waals surface area (Å²) in [6.45, 7) is 0.502. The number of hydrogen-bond acceptors (Lipinski definition) is 3. The monoisotopic (exact) mass is 368 g/mol. The Bertz CT molecular complexity index is 729. The number of rotatable bonds is 8. The van der Waals surface area contributed by atoms with Gasteiger partial charge in [0, 0.05) is 13.7 Å². The van der Waals surface area contributed by atoms with E-state index in [1.54, 1.807) is 0 Å². The second kappa shape index (κ2) is 9.00. The van der Waals surface area contributed by atoms with E-state index in [0.717, 1.165) is 21.2 Å². The van der Waals surface area contributed by atoms with Crippen LogP contribution in [0.3, 0.4) is 0 Å². The van der Waals surface area contributed by atoms with E-state index in [-0.39, 0.29) is 25.7 Å². The van der Waals surface area contributed by atoms with Crippen molar-refractivity contribution >= 4 is 16.7 Å².